The maximum Gasteiger partial charge on any atom is 0.253 e. The van der Waals surface area contributed by atoms with Crippen molar-refractivity contribution >= 4 is 11.6 Å². The lowest BCUT2D eigenvalue weighted by atomic mass is 9.68. The molecule has 0 aromatic heterocycles. The van der Waals surface area contributed by atoms with Gasteiger partial charge in [0.1, 0.15) is 0 Å². The average Bonchev–Trinajstić information content (AvgIpc) is 3.42. The summed E-state index contributed by atoms with van der Waals surface area (Å²) in [6.07, 6.45) is 7.64. The van der Waals surface area contributed by atoms with Crippen LogP contribution in [0, 0.1) is 17.8 Å². The van der Waals surface area contributed by atoms with Crippen molar-refractivity contribution in [2.45, 2.75) is 50.5 Å². The van der Waals surface area contributed by atoms with Gasteiger partial charge in [-0.3, -0.25) is 4.79 Å². The van der Waals surface area contributed by atoms with E-state index in [1.54, 1.807) is 0 Å². The van der Waals surface area contributed by atoms with E-state index in [1.165, 1.54) is 42.5 Å². The summed E-state index contributed by atoms with van der Waals surface area (Å²) in [5, 5.41) is 3.89. The first-order chi connectivity index (χ1) is 14.3. The third-order valence-electron chi connectivity index (χ3n) is 8.14. The lowest BCUT2D eigenvalue weighted by molar-refractivity contribution is 0.0724. The molecule has 0 radical (unpaired) electrons. The Morgan fingerprint density at radius 3 is 2.55 bits per heavy atom. The SMILES string of the molecule is O=C(c1ccc2c(c1)[C@H]1[C@H]3CC[C@H](C3)[C@@H]1[C@H](c1ccccc1)N2)N1CCCCC1. The summed E-state index contributed by atoms with van der Waals surface area (Å²) in [4.78, 5) is 15.2. The third kappa shape index (κ3) is 2.81. The van der Waals surface area contributed by atoms with E-state index in [-0.39, 0.29) is 5.91 Å². The maximum atomic E-state index is 13.1. The van der Waals surface area contributed by atoms with Crippen LogP contribution in [0.1, 0.15) is 72.0 Å². The smallest absolute Gasteiger partial charge is 0.253 e. The molecule has 0 spiro atoms. The van der Waals surface area contributed by atoms with Crippen LogP contribution in [-0.2, 0) is 0 Å². The van der Waals surface area contributed by atoms with Gasteiger partial charge in [0.2, 0.25) is 0 Å². The molecule has 6 rings (SSSR count). The number of nitrogens with one attached hydrogen (secondary N) is 1. The number of amides is 1. The molecule has 1 saturated heterocycles. The molecule has 3 nitrogen and oxygen atoms in total. The van der Waals surface area contributed by atoms with Crippen LogP contribution < -0.4 is 5.32 Å². The summed E-state index contributed by atoms with van der Waals surface area (Å²) in [7, 11) is 0. The number of nitrogens with zero attached hydrogens (tertiary/aromatic N) is 1. The molecule has 3 fully saturated rings. The van der Waals surface area contributed by atoms with Gasteiger partial charge in [0.25, 0.3) is 5.91 Å². The summed E-state index contributed by atoms with van der Waals surface area (Å²) < 4.78 is 0. The van der Waals surface area contributed by atoms with Gasteiger partial charge in [-0.2, -0.15) is 0 Å². The second kappa shape index (κ2) is 6.90. The van der Waals surface area contributed by atoms with Crippen LogP contribution in [0.2, 0.25) is 0 Å². The van der Waals surface area contributed by atoms with Crippen LogP contribution >= 0.6 is 0 Å². The molecule has 5 atom stereocenters. The summed E-state index contributed by atoms with van der Waals surface area (Å²) in [6.45, 7) is 1.84. The molecule has 2 aliphatic heterocycles. The molecular formula is C26H30N2O. The normalized spacial score (nSPS) is 32.4. The van der Waals surface area contributed by atoms with Gasteiger partial charge in [-0.15, -0.1) is 0 Å². The lowest BCUT2D eigenvalue weighted by Crippen LogP contribution is -2.37. The van der Waals surface area contributed by atoms with Crippen molar-refractivity contribution in [3.8, 4) is 0 Å². The zero-order valence-corrected chi connectivity index (χ0v) is 17.0. The van der Waals surface area contributed by atoms with E-state index in [2.05, 4.69) is 58.7 Å². The van der Waals surface area contributed by atoms with Gasteiger partial charge in [-0.05, 0) is 91.5 Å². The van der Waals surface area contributed by atoms with Crippen molar-refractivity contribution in [2.75, 3.05) is 18.4 Å². The predicted molar refractivity (Wildman–Crippen MR) is 116 cm³/mol. The van der Waals surface area contributed by atoms with Gasteiger partial charge in [0.05, 0.1) is 6.04 Å². The number of carbonyl (C=O) groups excluding carboxylic acids is 1. The monoisotopic (exact) mass is 386 g/mol. The van der Waals surface area contributed by atoms with Gasteiger partial charge in [0, 0.05) is 24.3 Å². The molecule has 2 heterocycles. The molecule has 1 N–H and O–H groups in total. The van der Waals surface area contributed by atoms with Crippen molar-refractivity contribution in [1.82, 2.24) is 4.90 Å². The van der Waals surface area contributed by atoms with Crippen LogP contribution in [0.15, 0.2) is 48.5 Å². The summed E-state index contributed by atoms with van der Waals surface area (Å²) in [6, 6.07) is 17.9. The first-order valence-corrected chi connectivity index (χ1v) is 11.5. The highest BCUT2D eigenvalue weighted by molar-refractivity contribution is 5.95. The highest BCUT2D eigenvalue weighted by Gasteiger charge is 2.53. The fourth-order valence-corrected chi connectivity index (χ4v) is 6.89. The van der Waals surface area contributed by atoms with E-state index in [4.69, 9.17) is 0 Å². The van der Waals surface area contributed by atoms with Crippen molar-refractivity contribution in [1.29, 1.82) is 0 Å². The van der Waals surface area contributed by atoms with E-state index in [0.29, 0.717) is 17.9 Å². The summed E-state index contributed by atoms with van der Waals surface area (Å²) >= 11 is 0. The molecule has 2 bridgehead atoms. The van der Waals surface area contributed by atoms with E-state index in [0.717, 1.165) is 43.3 Å². The quantitative estimate of drug-likeness (QED) is 0.728. The molecular weight excluding hydrogens is 356 g/mol. The van der Waals surface area contributed by atoms with Gasteiger partial charge in [-0.25, -0.2) is 0 Å². The van der Waals surface area contributed by atoms with Gasteiger partial charge in [-0.1, -0.05) is 30.3 Å². The van der Waals surface area contributed by atoms with E-state index >= 15 is 0 Å². The number of rotatable bonds is 2. The van der Waals surface area contributed by atoms with Crippen LogP contribution in [0.3, 0.4) is 0 Å². The number of benzene rings is 2. The number of carbonyl (C=O) groups is 1. The number of hydrogen-bond acceptors (Lipinski definition) is 2. The van der Waals surface area contributed by atoms with Crippen molar-refractivity contribution < 1.29 is 4.79 Å². The molecule has 0 unspecified atom stereocenters. The van der Waals surface area contributed by atoms with Crippen LogP contribution in [-0.4, -0.2) is 23.9 Å². The highest BCUT2D eigenvalue weighted by atomic mass is 16.2. The third-order valence-corrected chi connectivity index (χ3v) is 8.14. The van der Waals surface area contributed by atoms with E-state index in [1.807, 2.05) is 0 Å². The van der Waals surface area contributed by atoms with Gasteiger partial charge >= 0.3 is 0 Å². The lowest BCUT2D eigenvalue weighted by Gasteiger charge is -2.43. The maximum absolute atomic E-state index is 13.1. The summed E-state index contributed by atoms with van der Waals surface area (Å²) in [5.41, 5.74) is 4.97. The number of piperidine rings is 1. The Balaban J connectivity index is 1.38. The topological polar surface area (TPSA) is 32.3 Å². The fraction of sp³-hybridized carbons (Fsp3) is 0.500. The zero-order valence-electron chi connectivity index (χ0n) is 17.0. The highest BCUT2D eigenvalue weighted by Crippen LogP contribution is 2.63. The minimum atomic E-state index is 0.234. The number of hydrogen-bond donors (Lipinski definition) is 1. The van der Waals surface area contributed by atoms with Gasteiger partial charge < -0.3 is 10.2 Å². The number of fused-ring (bicyclic) bond motifs is 7. The Kier molecular flexibility index (Phi) is 4.18. The fourth-order valence-electron chi connectivity index (χ4n) is 6.89. The van der Waals surface area contributed by atoms with Crippen molar-refractivity contribution in [2.24, 2.45) is 17.8 Å². The van der Waals surface area contributed by atoms with Crippen LogP contribution in [0.25, 0.3) is 0 Å². The molecule has 2 saturated carbocycles. The van der Waals surface area contributed by atoms with E-state index in [9.17, 15) is 4.79 Å². The Morgan fingerprint density at radius 2 is 1.72 bits per heavy atom. The summed E-state index contributed by atoms with van der Waals surface area (Å²) in [5.74, 6) is 3.10. The van der Waals surface area contributed by atoms with Crippen molar-refractivity contribution in [3.05, 3.63) is 65.2 Å². The Hall–Kier alpha value is -2.29. The molecule has 150 valence electrons. The molecule has 2 aromatic carbocycles. The second-order valence-electron chi connectivity index (χ2n) is 9.62. The second-order valence-corrected chi connectivity index (χ2v) is 9.62. The molecule has 4 aliphatic rings. The van der Waals surface area contributed by atoms with E-state index < -0.39 is 0 Å². The Morgan fingerprint density at radius 1 is 0.931 bits per heavy atom. The van der Waals surface area contributed by atoms with Crippen LogP contribution in [0.5, 0.6) is 0 Å². The standard InChI is InChI=1S/C26H30N2O/c29-26(28-13-5-2-6-14-28)20-11-12-22-21(16-20)23-18-9-10-19(15-18)24(23)25(27-22)17-7-3-1-4-8-17/h1,3-4,7-8,11-12,16,18-19,23-25,27H,2,5-6,9-10,13-15H2/t18-,19+,23+,24-,25-/m0/s1. The molecule has 3 heteroatoms. The predicted octanol–water partition coefficient (Wildman–Crippen LogP) is 5.61. The minimum Gasteiger partial charge on any atom is -0.378 e. The molecule has 1 amide bonds. The van der Waals surface area contributed by atoms with Crippen LogP contribution in [0.4, 0.5) is 5.69 Å². The molecule has 2 aromatic rings. The zero-order chi connectivity index (χ0) is 19.4. The number of anilines is 1. The first kappa shape index (κ1) is 17.6. The Bertz CT molecular complexity index is 918. The van der Waals surface area contributed by atoms with Gasteiger partial charge in [0.15, 0.2) is 0 Å². The number of likely N-dealkylation sites (tertiary alicyclic amines) is 1. The largest absolute Gasteiger partial charge is 0.378 e. The molecule has 2 aliphatic carbocycles. The minimum absolute atomic E-state index is 0.234. The van der Waals surface area contributed by atoms with Crippen molar-refractivity contribution in [3.63, 3.8) is 0 Å². The molecule has 29 heavy (non-hydrogen) atoms. The first-order valence-electron chi connectivity index (χ1n) is 11.5. The Labute approximate surface area is 173 Å². The average molecular weight is 387 g/mol.